The fourth-order valence-corrected chi connectivity index (χ4v) is 5.72. The van der Waals surface area contributed by atoms with Crippen molar-refractivity contribution in [2.75, 3.05) is 19.6 Å². The van der Waals surface area contributed by atoms with Crippen molar-refractivity contribution in [3.8, 4) is 0 Å². The van der Waals surface area contributed by atoms with E-state index in [0.717, 1.165) is 38.5 Å². The summed E-state index contributed by atoms with van der Waals surface area (Å²) in [7, 11) is -3.60. The molecule has 9 heteroatoms. The maximum absolute atomic E-state index is 12.7. The van der Waals surface area contributed by atoms with Gasteiger partial charge in [0.15, 0.2) is 5.76 Å². The molecule has 2 aliphatic rings. The van der Waals surface area contributed by atoms with Crippen LogP contribution in [0.25, 0.3) is 0 Å². The number of furan rings is 1. The first-order valence-electron chi connectivity index (χ1n) is 9.55. The summed E-state index contributed by atoms with van der Waals surface area (Å²) >= 11 is 0. The molecule has 0 bridgehead atoms. The van der Waals surface area contributed by atoms with Crippen molar-refractivity contribution in [2.24, 2.45) is 11.7 Å². The number of hydrogen-bond acceptors (Lipinski definition) is 5. The summed E-state index contributed by atoms with van der Waals surface area (Å²) in [5.74, 6) is 0.275. The van der Waals surface area contributed by atoms with Gasteiger partial charge in [-0.3, -0.25) is 4.79 Å². The summed E-state index contributed by atoms with van der Waals surface area (Å²) in [6.07, 6.45) is 7.41. The molecule has 2 fully saturated rings. The summed E-state index contributed by atoms with van der Waals surface area (Å²) in [6, 6.07) is 1.25. The molecule has 1 aliphatic heterocycles. The van der Waals surface area contributed by atoms with E-state index in [-0.39, 0.29) is 34.9 Å². The Morgan fingerprint density at radius 3 is 2.48 bits per heavy atom. The smallest absolute Gasteiger partial charge is 0.287 e. The molecule has 7 nitrogen and oxygen atoms in total. The number of nitrogens with zero attached hydrogens (tertiary/aromatic N) is 1. The Kier molecular flexibility index (Phi) is 7.73. The lowest BCUT2D eigenvalue weighted by atomic mass is 9.84. The standard InChI is InChI=1S/C18H29N3O4S.ClH/c1-13-17(26(23,24)21-9-5-6-10-21)11-16(25-13)18(22)20-15(12-19)14-7-3-2-4-8-14;/h11,14-15H,2-10,12,19H2,1H3,(H,20,22);1H. The molecule has 1 aromatic rings. The number of carbonyl (C=O) groups is 1. The number of amides is 1. The van der Waals surface area contributed by atoms with E-state index < -0.39 is 15.9 Å². The highest BCUT2D eigenvalue weighted by Gasteiger charge is 2.32. The lowest BCUT2D eigenvalue weighted by molar-refractivity contribution is 0.0886. The van der Waals surface area contributed by atoms with Crippen LogP contribution in [-0.4, -0.2) is 44.3 Å². The van der Waals surface area contributed by atoms with Crippen LogP contribution >= 0.6 is 12.4 Å². The first-order chi connectivity index (χ1) is 12.4. The van der Waals surface area contributed by atoms with Crippen molar-refractivity contribution in [3.63, 3.8) is 0 Å². The number of carbonyl (C=O) groups excluding carboxylic acids is 1. The second-order valence-corrected chi connectivity index (χ2v) is 9.26. The fourth-order valence-electron chi connectivity index (χ4n) is 4.05. The van der Waals surface area contributed by atoms with Crippen molar-refractivity contribution in [1.82, 2.24) is 9.62 Å². The minimum absolute atomic E-state index is 0. The lowest BCUT2D eigenvalue weighted by Crippen LogP contribution is -2.45. The van der Waals surface area contributed by atoms with Gasteiger partial charge in [0.25, 0.3) is 5.91 Å². The van der Waals surface area contributed by atoms with Crippen LogP contribution in [0, 0.1) is 12.8 Å². The molecule has 154 valence electrons. The Balaban J connectivity index is 0.00000261. The molecule has 1 aliphatic carbocycles. The molecule has 0 aromatic carbocycles. The minimum Gasteiger partial charge on any atom is -0.455 e. The van der Waals surface area contributed by atoms with Gasteiger partial charge in [-0.15, -0.1) is 12.4 Å². The summed E-state index contributed by atoms with van der Waals surface area (Å²) in [5.41, 5.74) is 5.87. The first kappa shape index (κ1) is 22.2. The Hall–Kier alpha value is -1.09. The van der Waals surface area contributed by atoms with Gasteiger partial charge in [0.1, 0.15) is 10.7 Å². The van der Waals surface area contributed by atoms with Crippen molar-refractivity contribution >= 4 is 28.3 Å². The van der Waals surface area contributed by atoms with Crippen LogP contribution in [0.1, 0.15) is 61.3 Å². The van der Waals surface area contributed by atoms with Crippen molar-refractivity contribution in [2.45, 2.75) is 62.8 Å². The zero-order valence-electron chi connectivity index (χ0n) is 15.8. The zero-order valence-corrected chi connectivity index (χ0v) is 17.4. The maximum atomic E-state index is 12.7. The molecule has 0 radical (unpaired) electrons. The van der Waals surface area contributed by atoms with E-state index in [1.807, 2.05) is 0 Å². The summed E-state index contributed by atoms with van der Waals surface area (Å²) in [4.78, 5) is 12.7. The van der Waals surface area contributed by atoms with Crippen molar-refractivity contribution in [1.29, 1.82) is 0 Å². The first-order valence-corrected chi connectivity index (χ1v) is 11.0. The average molecular weight is 420 g/mol. The van der Waals surface area contributed by atoms with Gasteiger partial charge in [-0.2, -0.15) is 4.31 Å². The molecule has 3 N–H and O–H groups in total. The highest BCUT2D eigenvalue weighted by atomic mass is 35.5. The summed E-state index contributed by atoms with van der Waals surface area (Å²) in [5, 5.41) is 2.95. The summed E-state index contributed by atoms with van der Waals surface area (Å²) < 4.78 is 32.4. The van der Waals surface area contributed by atoms with Crippen LogP contribution in [0.2, 0.25) is 0 Å². The molecule has 2 heterocycles. The van der Waals surface area contributed by atoms with E-state index >= 15 is 0 Å². The summed E-state index contributed by atoms with van der Waals surface area (Å²) in [6.45, 7) is 2.99. The second kappa shape index (κ2) is 9.41. The van der Waals surface area contributed by atoms with Gasteiger partial charge >= 0.3 is 0 Å². The van der Waals surface area contributed by atoms with Crippen LogP contribution in [0.3, 0.4) is 0 Å². The average Bonchev–Trinajstić information content (AvgIpc) is 3.30. The van der Waals surface area contributed by atoms with Crippen LogP contribution in [0.15, 0.2) is 15.4 Å². The van der Waals surface area contributed by atoms with Gasteiger partial charge in [0.05, 0.1) is 0 Å². The van der Waals surface area contributed by atoms with E-state index in [2.05, 4.69) is 5.32 Å². The van der Waals surface area contributed by atoms with E-state index in [1.54, 1.807) is 6.92 Å². The molecule has 0 spiro atoms. The quantitative estimate of drug-likeness (QED) is 0.736. The second-order valence-electron chi connectivity index (χ2n) is 7.36. The van der Waals surface area contributed by atoms with Crippen molar-refractivity contribution < 1.29 is 17.6 Å². The van der Waals surface area contributed by atoms with Crippen LogP contribution < -0.4 is 11.1 Å². The fraction of sp³-hybridized carbons (Fsp3) is 0.722. The molecule has 1 saturated heterocycles. The molecule has 1 amide bonds. The minimum atomic E-state index is -3.60. The van der Waals surface area contributed by atoms with Gasteiger partial charge in [0.2, 0.25) is 10.0 Å². The predicted molar refractivity (Wildman–Crippen MR) is 106 cm³/mol. The highest BCUT2D eigenvalue weighted by Crippen LogP contribution is 2.28. The molecule has 1 unspecified atom stereocenters. The van der Waals surface area contributed by atoms with Crippen LogP contribution in [-0.2, 0) is 10.0 Å². The predicted octanol–water partition coefficient (Wildman–Crippen LogP) is 2.43. The molecular formula is C18H30ClN3O4S. The molecule has 27 heavy (non-hydrogen) atoms. The number of rotatable bonds is 6. The van der Waals surface area contributed by atoms with Crippen LogP contribution in [0.4, 0.5) is 0 Å². The number of aryl methyl sites for hydroxylation is 1. The van der Waals surface area contributed by atoms with E-state index in [4.69, 9.17) is 10.2 Å². The topological polar surface area (TPSA) is 106 Å². The van der Waals surface area contributed by atoms with Crippen molar-refractivity contribution in [3.05, 3.63) is 17.6 Å². The Morgan fingerprint density at radius 2 is 1.89 bits per heavy atom. The Labute approximate surface area is 167 Å². The highest BCUT2D eigenvalue weighted by molar-refractivity contribution is 7.89. The largest absolute Gasteiger partial charge is 0.455 e. The molecular weight excluding hydrogens is 390 g/mol. The van der Waals surface area contributed by atoms with E-state index in [9.17, 15) is 13.2 Å². The molecule has 1 atom stereocenters. The molecule has 3 rings (SSSR count). The van der Waals surface area contributed by atoms with E-state index in [1.165, 1.54) is 16.8 Å². The third-order valence-corrected chi connectivity index (χ3v) is 7.57. The number of nitrogens with two attached hydrogens (primary N) is 1. The molecule has 1 saturated carbocycles. The lowest BCUT2D eigenvalue weighted by Gasteiger charge is -2.29. The molecule has 1 aromatic heterocycles. The Morgan fingerprint density at radius 1 is 1.26 bits per heavy atom. The van der Waals surface area contributed by atoms with E-state index in [0.29, 0.717) is 25.6 Å². The zero-order chi connectivity index (χ0) is 18.7. The van der Waals surface area contributed by atoms with Gasteiger partial charge in [-0.05, 0) is 38.5 Å². The monoisotopic (exact) mass is 419 g/mol. The van der Waals surface area contributed by atoms with Gasteiger partial charge in [-0.25, -0.2) is 8.42 Å². The Bertz CT molecular complexity index is 738. The van der Waals surface area contributed by atoms with Gasteiger partial charge < -0.3 is 15.5 Å². The van der Waals surface area contributed by atoms with Gasteiger partial charge in [-0.1, -0.05) is 19.3 Å². The SMILES string of the molecule is Cc1oc(C(=O)NC(CN)C2CCCCC2)cc1S(=O)(=O)N1CCCC1.Cl. The number of halogens is 1. The third-order valence-electron chi connectivity index (χ3n) is 5.57. The normalized spacial score (nSPS) is 20.2. The van der Waals surface area contributed by atoms with Crippen LogP contribution in [0.5, 0.6) is 0 Å². The number of hydrogen-bond donors (Lipinski definition) is 2. The maximum Gasteiger partial charge on any atom is 0.287 e. The number of nitrogens with one attached hydrogen (secondary N) is 1. The number of sulfonamides is 1. The third kappa shape index (κ3) is 4.85. The van der Waals surface area contributed by atoms with Gasteiger partial charge in [0, 0.05) is 31.7 Å².